The minimum atomic E-state index is -0.948. The molecule has 1 aliphatic heterocycles. The van der Waals surface area contributed by atoms with E-state index >= 15 is 0 Å². The number of hydrogen-bond acceptors (Lipinski definition) is 5. The highest BCUT2D eigenvalue weighted by Gasteiger charge is 2.39. The fourth-order valence-corrected chi connectivity index (χ4v) is 4.74. The van der Waals surface area contributed by atoms with Crippen LogP contribution in [0.25, 0.3) is 22.4 Å². The molecule has 0 bridgehead atoms. The molecule has 6 nitrogen and oxygen atoms in total. The molecule has 31 heavy (non-hydrogen) atoms. The average molecular weight is 427 g/mol. The number of rotatable bonds is 4. The Morgan fingerprint density at radius 1 is 0.935 bits per heavy atom. The quantitative estimate of drug-likeness (QED) is 0.640. The largest absolute Gasteiger partial charge is 0.355 e. The third-order valence-corrected chi connectivity index (χ3v) is 5.88. The van der Waals surface area contributed by atoms with Crippen molar-refractivity contribution in [1.82, 2.24) is 25.5 Å². The molecule has 0 saturated carbocycles. The van der Waals surface area contributed by atoms with E-state index < -0.39 is 11.6 Å². The van der Waals surface area contributed by atoms with Crippen LogP contribution in [0, 0.1) is 11.6 Å². The molecule has 1 aliphatic rings. The van der Waals surface area contributed by atoms with E-state index in [2.05, 4.69) is 58.1 Å². The zero-order chi connectivity index (χ0) is 22.4. The standard InChI is InChI=1S/C23H28F2N6/c1-22(2)8-15(9-23(3,4)30-22)31(5)19-13-26-18(12-27-19)17-7-6-16(20(24)21(17)25)14-10-28-29-11-14/h6-7,10-13,15,30H,8-9H2,1-5H3,(H,28,29). The minimum absolute atomic E-state index is 0.00539. The Hall–Kier alpha value is -2.87. The summed E-state index contributed by atoms with van der Waals surface area (Å²) in [5, 5.41) is 10.1. The van der Waals surface area contributed by atoms with Gasteiger partial charge < -0.3 is 10.2 Å². The van der Waals surface area contributed by atoms with Crippen molar-refractivity contribution in [3.8, 4) is 22.4 Å². The van der Waals surface area contributed by atoms with Crippen LogP contribution in [0.1, 0.15) is 40.5 Å². The molecule has 0 atom stereocenters. The zero-order valence-corrected chi connectivity index (χ0v) is 18.5. The molecule has 3 heterocycles. The van der Waals surface area contributed by atoms with Gasteiger partial charge in [0, 0.05) is 47.1 Å². The van der Waals surface area contributed by atoms with E-state index in [9.17, 15) is 8.78 Å². The summed E-state index contributed by atoms with van der Waals surface area (Å²) in [6.07, 6.45) is 8.02. The van der Waals surface area contributed by atoms with Gasteiger partial charge in [0.2, 0.25) is 0 Å². The van der Waals surface area contributed by atoms with Gasteiger partial charge in [0.1, 0.15) is 5.82 Å². The fourth-order valence-electron chi connectivity index (χ4n) is 4.74. The van der Waals surface area contributed by atoms with Gasteiger partial charge in [-0.2, -0.15) is 5.10 Å². The summed E-state index contributed by atoms with van der Waals surface area (Å²) in [5.74, 6) is -1.17. The number of piperidine rings is 1. The van der Waals surface area contributed by atoms with Crippen molar-refractivity contribution in [1.29, 1.82) is 0 Å². The number of nitrogens with one attached hydrogen (secondary N) is 2. The summed E-state index contributed by atoms with van der Waals surface area (Å²) < 4.78 is 29.4. The molecule has 0 radical (unpaired) electrons. The van der Waals surface area contributed by atoms with E-state index in [4.69, 9.17) is 0 Å². The van der Waals surface area contributed by atoms with Crippen LogP contribution in [-0.4, -0.2) is 44.3 Å². The van der Waals surface area contributed by atoms with Crippen LogP contribution >= 0.6 is 0 Å². The third-order valence-electron chi connectivity index (χ3n) is 5.88. The zero-order valence-electron chi connectivity index (χ0n) is 18.5. The van der Waals surface area contributed by atoms with Crippen LogP contribution in [0.5, 0.6) is 0 Å². The van der Waals surface area contributed by atoms with Gasteiger partial charge in [0.15, 0.2) is 11.6 Å². The molecule has 1 fully saturated rings. The van der Waals surface area contributed by atoms with E-state index in [1.54, 1.807) is 6.20 Å². The summed E-state index contributed by atoms with van der Waals surface area (Å²) in [6, 6.07) is 3.33. The Morgan fingerprint density at radius 2 is 1.58 bits per heavy atom. The lowest BCUT2D eigenvalue weighted by Gasteiger charge is -2.49. The first-order valence-corrected chi connectivity index (χ1v) is 10.4. The molecule has 3 aromatic rings. The topological polar surface area (TPSA) is 69.7 Å². The van der Waals surface area contributed by atoms with Crippen LogP contribution < -0.4 is 10.2 Å². The van der Waals surface area contributed by atoms with Crippen LogP contribution in [0.15, 0.2) is 36.9 Å². The molecule has 4 rings (SSSR count). The van der Waals surface area contributed by atoms with E-state index in [0.29, 0.717) is 17.1 Å². The Balaban J connectivity index is 1.58. The maximum Gasteiger partial charge on any atom is 0.168 e. The first-order chi connectivity index (χ1) is 14.6. The lowest BCUT2D eigenvalue weighted by atomic mass is 9.79. The van der Waals surface area contributed by atoms with E-state index in [0.717, 1.165) is 12.8 Å². The summed E-state index contributed by atoms with van der Waals surface area (Å²) in [4.78, 5) is 11.0. The molecule has 0 amide bonds. The second-order valence-electron chi connectivity index (χ2n) is 9.60. The van der Waals surface area contributed by atoms with Gasteiger partial charge in [-0.25, -0.2) is 13.8 Å². The molecule has 0 unspecified atom stereocenters. The third kappa shape index (κ3) is 4.30. The predicted octanol–water partition coefficient (Wildman–Crippen LogP) is 4.56. The number of anilines is 1. The average Bonchev–Trinajstić information content (AvgIpc) is 3.22. The van der Waals surface area contributed by atoms with E-state index in [1.165, 1.54) is 30.7 Å². The van der Waals surface area contributed by atoms with Crippen molar-refractivity contribution in [2.45, 2.75) is 57.7 Å². The number of benzene rings is 1. The molecular weight excluding hydrogens is 398 g/mol. The second kappa shape index (κ2) is 7.67. The summed E-state index contributed by atoms with van der Waals surface area (Å²) in [5.41, 5.74) is 1.01. The molecule has 0 aliphatic carbocycles. The Bertz CT molecular complexity index is 1040. The van der Waals surface area contributed by atoms with Gasteiger partial charge in [0.05, 0.1) is 24.3 Å². The number of hydrogen-bond donors (Lipinski definition) is 2. The van der Waals surface area contributed by atoms with Gasteiger partial charge >= 0.3 is 0 Å². The first kappa shape index (κ1) is 21.4. The maximum absolute atomic E-state index is 14.8. The molecule has 164 valence electrons. The van der Waals surface area contributed by atoms with Crippen molar-refractivity contribution < 1.29 is 8.78 Å². The van der Waals surface area contributed by atoms with Gasteiger partial charge in [-0.1, -0.05) is 6.07 Å². The van der Waals surface area contributed by atoms with Crippen molar-refractivity contribution >= 4 is 5.82 Å². The molecule has 8 heteroatoms. The lowest BCUT2D eigenvalue weighted by molar-refractivity contribution is 0.160. The SMILES string of the molecule is CN(c1cnc(-c2ccc(-c3cn[nH]c3)c(F)c2F)cn1)C1CC(C)(C)NC(C)(C)C1. The van der Waals surface area contributed by atoms with E-state index in [1.807, 2.05) is 7.05 Å². The number of aromatic nitrogens is 4. The lowest BCUT2D eigenvalue weighted by Crippen LogP contribution is -2.62. The molecule has 1 aromatic carbocycles. The van der Waals surface area contributed by atoms with Gasteiger partial charge in [-0.3, -0.25) is 10.1 Å². The van der Waals surface area contributed by atoms with Crippen molar-refractivity contribution in [2.75, 3.05) is 11.9 Å². The highest BCUT2D eigenvalue weighted by molar-refractivity contribution is 5.69. The second-order valence-corrected chi connectivity index (χ2v) is 9.60. The molecule has 2 N–H and O–H groups in total. The smallest absolute Gasteiger partial charge is 0.168 e. The van der Waals surface area contributed by atoms with Crippen molar-refractivity contribution in [2.24, 2.45) is 0 Å². The predicted molar refractivity (Wildman–Crippen MR) is 118 cm³/mol. The first-order valence-electron chi connectivity index (χ1n) is 10.4. The van der Waals surface area contributed by atoms with E-state index in [-0.39, 0.29) is 28.2 Å². The monoisotopic (exact) mass is 426 g/mol. The van der Waals surface area contributed by atoms with Crippen LogP contribution in [0.4, 0.5) is 14.6 Å². The van der Waals surface area contributed by atoms with Crippen molar-refractivity contribution in [3.05, 3.63) is 48.6 Å². The highest BCUT2D eigenvalue weighted by atomic mass is 19.2. The summed E-state index contributed by atoms with van der Waals surface area (Å²) >= 11 is 0. The fraction of sp³-hybridized carbons (Fsp3) is 0.435. The van der Waals surface area contributed by atoms with Gasteiger partial charge in [-0.05, 0) is 46.6 Å². The van der Waals surface area contributed by atoms with Crippen LogP contribution in [0.3, 0.4) is 0 Å². The molecule has 1 saturated heterocycles. The maximum atomic E-state index is 14.8. The van der Waals surface area contributed by atoms with Gasteiger partial charge in [-0.15, -0.1) is 0 Å². The number of aromatic amines is 1. The summed E-state index contributed by atoms with van der Waals surface area (Å²) in [6.45, 7) is 8.81. The minimum Gasteiger partial charge on any atom is -0.355 e. The number of nitrogens with zero attached hydrogens (tertiary/aromatic N) is 4. The van der Waals surface area contributed by atoms with Crippen molar-refractivity contribution in [3.63, 3.8) is 0 Å². The highest BCUT2D eigenvalue weighted by Crippen LogP contribution is 2.33. The normalized spacial score (nSPS) is 18.2. The number of halogens is 2. The molecule has 2 aromatic heterocycles. The number of H-pyrrole nitrogens is 1. The Kier molecular flexibility index (Phi) is 5.29. The Labute approximate surface area is 181 Å². The summed E-state index contributed by atoms with van der Waals surface area (Å²) in [7, 11) is 2.01. The van der Waals surface area contributed by atoms with Crippen LogP contribution in [-0.2, 0) is 0 Å². The van der Waals surface area contributed by atoms with Gasteiger partial charge in [0.25, 0.3) is 0 Å². The van der Waals surface area contributed by atoms with Crippen LogP contribution in [0.2, 0.25) is 0 Å². The Morgan fingerprint density at radius 3 is 2.16 bits per heavy atom. The molecule has 0 spiro atoms. The molecular formula is C23H28F2N6.